The average molecular weight is 330 g/mol. The maximum atomic E-state index is 12.4. The van der Waals surface area contributed by atoms with Crippen LogP contribution >= 0.6 is 0 Å². The van der Waals surface area contributed by atoms with E-state index in [0.717, 1.165) is 12.0 Å². The molecule has 1 aromatic heterocycles. The van der Waals surface area contributed by atoms with E-state index < -0.39 is 11.3 Å². The first-order chi connectivity index (χ1) is 11.2. The van der Waals surface area contributed by atoms with Gasteiger partial charge in [0.05, 0.1) is 23.7 Å². The molecule has 0 spiro atoms. The SMILES string of the molecule is C=CC(=C)C(C)(C(N)=NC(=O)c1cnn(CC(C)=O)c1)C(C)CC. The number of ketones is 1. The van der Waals surface area contributed by atoms with Gasteiger partial charge in [-0.3, -0.25) is 14.3 Å². The van der Waals surface area contributed by atoms with E-state index >= 15 is 0 Å². The lowest BCUT2D eigenvalue weighted by atomic mass is 9.70. The van der Waals surface area contributed by atoms with Crippen molar-refractivity contribution in [2.75, 3.05) is 0 Å². The Balaban J connectivity index is 3.14. The molecule has 0 radical (unpaired) electrons. The number of amides is 1. The van der Waals surface area contributed by atoms with Crippen LogP contribution in [0.15, 0.2) is 42.2 Å². The Hall–Kier alpha value is -2.50. The Morgan fingerprint density at radius 1 is 1.54 bits per heavy atom. The zero-order chi connectivity index (χ0) is 18.5. The summed E-state index contributed by atoms with van der Waals surface area (Å²) in [5.74, 6) is -0.202. The van der Waals surface area contributed by atoms with Crippen molar-refractivity contribution < 1.29 is 9.59 Å². The Morgan fingerprint density at radius 3 is 2.67 bits per heavy atom. The van der Waals surface area contributed by atoms with Crippen LogP contribution in [0, 0.1) is 11.3 Å². The monoisotopic (exact) mass is 330 g/mol. The number of hydrogen-bond donors (Lipinski definition) is 1. The fourth-order valence-corrected chi connectivity index (χ4v) is 2.43. The molecule has 0 aliphatic heterocycles. The molecule has 0 aliphatic carbocycles. The third kappa shape index (κ3) is 4.07. The third-order valence-electron chi connectivity index (χ3n) is 4.53. The number of carbonyl (C=O) groups excluding carboxylic acids is 2. The topological polar surface area (TPSA) is 90.3 Å². The molecule has 1 heterocycles. The summed E-state index contributed by atoms with van der Waals surface area (Å²) >= 11 is 0. The van der Waals surface area contributed by atoms with Crippen molar-refractivity contribution in [2.24, 2.45) is 22.1 Å². The number of nitrogens with zero attached hydrogens (tertiary/aromatic N) is 3. The van der Waals surface area contributed by atoms with Crippen LogP contribution in [0.2, 0.25) is 0 Å². The zero-order valence-electron chi connectivity index (χ0n) is 14.9. The van der Waals surface area contributed by atoms with Crippen molar-refractivity contribution in [1.82, 2.24) is 9.78 Å². The van der Waals surface area contributed by atoms with E-state index in [1.807, 2.05) is 20.8 Å². The molecule has 2 atom stereocenters. The highest BCUT2D eigenvalue weighted by Crippen LogP contribution is 2.37. The minimum atomic E-state index is -0.651. The molecule has 1 aromatic rings. The van der Waals surface area contributed by atoms with Crippen LogP contribution in [-0.4, -0.2) is 27.3 Å². The number of hydrogen-bond acceptors (Lipinski definition) is 3. The molecule has 6 heteroatoms. The van der Waals surface area contributed by atoms with E-state index in [0.29, 0.717) is 0 Å². The van der Waals surface area contributed by atoms with E-state index in [9.17, 15) is 9.59 Å². The summed E-state index contributed by atoms with van der Waals surface area (Å²) in [6.45, 7) is 15.3. The van der Waals surface area contributed by atoms with E-state index in [4.69, 9.17) is 5.73 Å². The quantitative estimate of drug-likeness (QED) is 0.451. The predicted octanol–water partition coefficient (Wildman–Crippen LogP) is 2.76. The van der Waals surface area contributed by atoms with Gasteiger partial charge >= 0.3 is 0 Å². The van der Waals surface area contributed by atoms with Gasteiger partial charge in [0, 0.05) is 6.20 Å². The minimum Gasteiger partial charge on any atom is -0.386 e. The van der Waals surface area contributed by atoms with Crippen LogP contribution in [-0.2, 0) is 11.3 Å². The van der Waals surface area contributed by atoms with E-state index in [-0.39, 0.29) is 29.6 Å². The highest BCUT2D eigenvalue weighted by molar-refractivity contribution is 6.05. The van der Waals surface area contributed by atoms with E-state index in [1.54, 1.807) is 6.08 Å². The summed E-state index contributed by atoms with van der Waals surface area (Å²) < 4.78 is 1.40. The molecule has 1 rings (SSSR count). The lowest BCUT2D eigenvalue weighted by molar-refractivity contribution is -0.117. The average Bonchev–Trinajstić information content (AvgIpc) is 2.99. The number of rotatable bonds is 8. The first-order valence-electron chi connectivity index (χ1n) is 7.89. The van der Waals surface area contributed by atoms with Crippen molar-refractivity contribution in [1.29, 1.82) is 0 Å². The molecule has 0 bridgehead atoms. The number of Topliss-reactive ketones (excluding diaryl/α,β-unsaturated/α-hetero) is 1. The second-order valence-electron chi connectivity index (χ2n) is 6.17. The zero-order valence-corrected chi connectivity index (χ0v) is 14.9. The highest BCUT2D eigenvalue weighted by atomic mass is 16.1. The third-order valence-corrected chi connectivity index (χ3v) is 4.53. The van der Waals surface area contributed by atoms with Crippen molar-refractivity contribution in [2.45, 2.75) is 40.7 Å². The number of aliphatic imine (C=N–C) groups is 1. The maximum Gasteiger partial charge on any atom is 0.281 e. The molecule has 0 aliphatic rings. The van der Waals surface area contributed by atoms with Crippen LogP contribution in [0.25, 0.3) is 0 Å². The molecule has 0 aromatic carbocycles. The standard InChI is InChI=1S/C18H26N4O2/c1-7-12(3)18(6,13(4)8-2)17(19)21-16(24)15-9-20-22(11-15)10-14(5)23/h7,9,11,13H,1,3,8,10H2,2,4-6H3,(H2,19,21,24). The molecule has 6 nitrogen and oxygen atoms in total. The Kier molecular flexibility index (Phi) is 6.40. The Morgan fingerprint density at radius 2 is 2.17 bits per heavy atom. The van der Waals surface area contributed by atoms with Gasteiger partial charge in [0.1, 0.15) is 5.84 Å². The summed E-state index contributed by atoms with van der Waals surface area (Å²) in [6.07, 6.45) is 5.36. The molecule has 2 N–H and O–H groups in total. The van der Waals surface area contributed by atoms with Gasteiger partial charge in [-0.2, -0.15) is 10.1 Å². The van der Waals surface area contributed by atoms with Gasteiger partial charge in [-0.15, -0.1) is 0 Å². The molecule has 1 amide bonds. The first kappa shape index (κ1) is 19.5. The van der Waals surface area contributed by atoms with Crippen molar-refractivity contribution in [3.63, 3.8) is 0 Å². The molecule has 0 saturated carbocycles. The van der Waals surface area contributed by atoms with Gasteiger partial charge in [-0.1, -0.05) is 39.5 Å². The largest absolute Gasteiger partial charge is 0.386 e. The molecule has 2 unspecified atom stereocenters. The molecular formula is C18H26N4O2. The minimum absolute atomic E-state index is 0.0493. The Bertz CT molecular complexity index is 687. The second kappa shape index (κ2) is 7.86. The fourth-order valence-electron chi connectivity index (χ4n) is 2.43. The molecule has 0 saturated heterocycles. The van der Waals surface area contributed by atoms with Gasteiger partial charge in [0.25, 0.3) is 5.91 Å². The lowest BCUT2D eigenvalue weighted by Crippen LogP contribution is -2.41. The lowest BCUT2D eigenvalue weighted by Gasteiger charge is -2.35. The van der Waals surface area contributed by atoms with Crippen LogP contribution in [0.3, 0.4) is 0 Å². The number of carbonyl (C=O) groups is 2. The van der Waals surface area contributed by atoms with Gasteiger partial charge in [-0.05, 0) is 25.3 Å². The molecule has 130 valence electrons. The summed E-state index contributed by atoms with van der Waals surface area (Å²) in [7, 11) is 0. The normalized spacial score (nSPS) is 15.4. The molecule has 0 fully saturated rings. The summed E-state index contributed by atoms with van der Waals surface area (Å²) in [4.78, 5) is 27.5. The first-order valence-corrected chi connectivity index (χ1v) is 7.89. The summed E-state index contributed by atoms with van der Waals surface area (Å²) in [6, 6.07) is 0. The predicted molar refractivity (Wildman–Crippen MR) is 95.8 cm³/mol. The van der Waals surface area contributed by atoms with Crippen LogP contribution in [0.5, 0.6) is 0 Å². The highest BCUT2D eigenvalue weighted by Gasteiger charge is 2.36. The van der Waals surface area contributed by atoms with E-state index in [2.05, 4.69) is 23.2 Å². The maximum absolute atomic E-state index is 12.4. The summed E-state index contributed by atoms with van der Waals surface area (Å²) in [5.41, 5.74) is 6.53. The number of amidine groups is 1. The number of aromatic nitrogens is 2. The van der Waals surface area contributed by atoms with Gasteiger partial charge in [0.15, 0.2) is 5.78 Å². The number of nitrogens with two attached hydrogens (primary N) is 1. The van der Waals surface area contributed by atoms with Crippen molar-refractivity contribution in [3.05, 3.63) is 42.8 Å². The fraction of sp³-hybridized carbons (Fsp3) is 0.444. The molecule has 24 heavy (non-hydrogen) atoms. The molecular weight excluding hydrogens is 304 g/mol. The van der Waals surface area contributed by atoms with Crippen molar-refractivity contribution in [3.8, 4) is 0 Å². The van der Waals surface area contributed by atoms with Crippen LogP contribution in [0.1, 0.15) is 44.5 Å². The smallest absolute Gasteiger partial charge is 0.281 e. The number of allylic oxidation sites excluding steroid dienone is 1. The van der Waals surface area contributed by atoms with Gasteiger partial charge in [-0.25, -0.2) is 0 Å². The summed E-state index contributed by atoms with van der Waals surface area (Å²) in [5, 5.41) is 3.98. The van der Waals surface area contributed by atoms with Gasteiger partial charge < -0.3 is 5.73 Å². The van der Waals surface area contributed by atoms with Crippen LogP contribution < -0.4 is 5.73 Å². The second-order valence-corrected chi connectivity index (χ2v) is 6.17. The van der Waals surface area contributed by atoms with Crippen LogP contribution in [0.4, 0.5) is 0 Å². The van der Waals surface area contributed by atoms with Gasteiger partial charge in [0.2, 0.25) is 0 Å². The Labute approximate surface area is 143 Å². The van der Waals surface area contributed by atoms with Crippen molar-refractivity contribution >= 4 is 17.5 Å². The van der Waals surface area contributed by atoms with E-state index in [1.165, 1.54) is 24.0 Å².